The highest BCUT2D eigenvalue weighted by atomic mass is 16.2. The van der Waals surface area contributed by atoms with Gasteiger partial charge in [0.25, 0.3) is 0 Å². The minimum absolute atomic E-state index is 0.348. The number of carbonyl (C=O) groups excluding carboxylic acids is 1. The Morgan fingerprint density at radius 2 is 2.00 bits per heavy atom. The summed E-state index contributed by atoms with van der Waals surface area (Å²) < 4.78 is 0. The molecule has 1 saturated carbocycles. The minimum Gasteiger partial charge on any atom is -0.343 e. The van der Waals surface area contributed by atoms with Crippen molar-refractivity contribution in [3.63, 3.8) is 0 Å². The summed E-state index contributed by atoms with van der Waals surface area (Å²) in [6.45, 7) is 1.14. The molecule has 1 unspecified atom stereocenters. The Hall–Kier alpha value is -0.570. The van der Waals surface area contributed by atoms with Crippen molar-refractivity contribution in [2.45, 2.75) is 63.5 Å². The van der Waals surface area contributed by atoms with Crippen LogP contribution < -0.4 is 5.32 Å². The van der Waals surface area contributed by atoms with E-state index in [4.69, 9.17) is 0 Å². The van der Waals surface area contributed by atoms with Crippen molar-refractivity contribution in [3.05, 3.63) is 0 Å². The average molecular weight is 224 g/mol. The lowest BCUT2D eigenvalue weighted by Gasteiger charge is -2.24. The summed E-state index contributed by atoms with van der Waals surface area (Å²) in [5.41, 5.74) is 0. The van der Waals surface area contributed by atoms with Crippen molar-refractivity contribution in [1.29, 1.82) is 0 Å². The molecule has 2 rings (SSSR count). The summed E-state index contributed by atoms with van der Waals surface area (Å²) in [6, 6.07) is 1.13. The predicted octanol–water partition coefficient (Wildman–Crippen LogP) is 1.92. The molecule has 0 aromatic rings. The van der Waals surface area contributed by atoms with Gasteiger partial charge in [0.2, 0.25) is 5.91 Å². The van der Waals surface area contributed by atoms with E-state index in [0.717, 1.165) is 19.4 Å². The van der Waals surface area contributed by atoms with Gasteiger partial charge in [-0.05, 0) is 38.6 Å². The molecule has 16 heavy (non-hydrogen) atoms. The fraction of sp³-hybridized carbons (Fsp3) is 0.923. The van der Waals surface area contributed by atoms with Gasteiger partial charge in [-0.15, -0.1) is 0 Å². The summed E-state index contributed by atoms with van der Waals surface area (Å²) in [5, 5.41) is 3.45. The van der Waals surface area contributed by atoms with Gasteiger partial charge in [0, 0.05) is 25.6 Å². The van der Waals surface area contributed by atoms with E-state index >= 15 is 0 Å². The monoisotopic (exact) mass is 224 g/mol. The van der Waals surface area contributed by atoms with Crippen molar-refractivity contribution < 1.29 is 4.79 Å². The van der Waals surface area contributed by atoms with Crippen LogP contribution in [0, 0.1) is 0 Å². The Kier molecular flexibility index (Phi) is 4.22. The van der Waals surface area contributed by atoms with E-state index in [1.165, 1.54) is 38.5 Å². The lowest BCUT2D eigenvalue weighted by molar-refractivity contribution is -0.132. The van der Waals surface area contributed by atoms with Crippen LogP contribution in [0.5, 0.6) is 0 Å². The fourth-order valence-electron chi connectivity index (χ4n) is 2.97. The van der Waals surface area contributed by atoms with Crippen LogP contribution in [-0.4, -0.2) is 36.5 Å². The fourth-order valence-corrected chi connectivity index (χ4v) is 2.97. The molecule has 0 aromatic heterocycles. The van der Waals surface area contributed by atoms with Crippen molar-refractivity contribution in [3.8, 4) is 0 Å². The van der Waals surface area contributed by atoms with E-state index in [0.29, 0.717) is 18.0 Å². The Bertz CT molecular complexity index is 230. The molecular formula is C13H24N2O. The zero-order valence-corrected chi connectivity index (χ0v) is 10.4. The van der Waals surface area contributed by atoms with Crippen LogP contribution in [0.25, 0.3) is 0 Å². The van der Waals surface area contributed by atoms with Crippen molar-refractivity contribution in [1.82, 2.24) is 10.2 Å². The maximum atomic E-state index is 12.0. The summed E-state index contributed by atoms with van der Waals surface area (Å²) >= 11 is 0. The Morgan fingerprint density at radius 1 is 1.25 bits per heavy atom. The molecule has 1 saturated heterocycles. The van der Waals surface area contributed by atoms with Crippen LogP contribution in [0.15, 0.2) is 0 Å². The number of nitrogens with one attached hydrogen (secondary N) is 1. The maximum Gasteiger partial charge on any atom is 0.222 e. The van der Waals surface area contributed by atoms with Crippen LogP contribution in [0.2, 0.25) is 0 Å². The van der Waals surface area contributed by atoms with Crippen LogP contribution >= 0.6 is 0 Å². The highest BCUT2D eigenvalue weighted by Crippen LogP contribution is 2.23. The molecule has 0 spiro atoms. The molecule has 3 heteroatoms. The van der Waals surface area contributed by atoms with E-state index < -0.39 is 0 Å². The third kappa shape index (κ3) is 2.97. The van der Waals surface area contributed by atoms with Gasteiger partial charge in [0.15, 0.2) is 0 Å². The topological polar surface area (TPSA) is 32.3 Å². The Labute approximate surface area is 98.6 Å². The van der Waals surface area contributed by atoms with Gasteiger partial charge in [-0.3, -0.25) is 4.79 Å². The van der Waals surface area contributed by atoms with Gasteiger partial charge in [-0.1, -0.05) is 12.8 Å². The zero-order chi connectivity index (χ0) is 11.4. The highest BCUT2D eigenvalue weighted by Gasteiger charge is 2.24. The molecule has 0 bridgehead atoms. The smallest absolute Gasteiger partial charge is 0.222 e. The Morgan fingerprint density at radius 3 is 2.62 bits per heavy atom. The average Bonchev–Trinajstić information content (AvgIpc) is 2.96. The molecule has 1 atom stereocenters. The van der Waals surface area contributed by atoms with Gasteiger partial charge >= 0.3 is 0 Å². The zero-order valence-electron chi connectivity index (χ0n) is 10.4. The summed E-state index contributed by atoms with van der Waals surface area (Å²) in [5.74, 6) is 0.348. The maximum absolute atomic E-state index is 12.0. The molecule has 0 aromatic carbocycles. The number of rotatable bonds is 4. The third-order valence-electron chi connectivity index (χ3n) is 4.13. The van der Waals surface area contributed by atoms with Crippen LogP contribution in [0.3, 0.4) is 0 Å². The van der Waals surface area contributed by atoms with E-state index in [9.17, 15) is 4.79 Å². The lowest BCUT2D eigenvalue weighted by atomic mass is 10.1. The molecule has 1 aliphatic heterocycles. The summed E-state index contributed by atoms with van der Waals surface area (Å²) in [4.78, 5) is 14.0. The third-order valence-corrected chi connectivity index (χ3v) is 4.13. The van der Waals surface area contributed by atoms with Gasteiger partial charge in [-0.25, -0.2) is 0 Å². The highest BCUT2D eigenvalue weighted by molar-refractivity contribution is 5.76. The van der Waals surface area contributed by atoms with Gasteiger partial charge in [-0.2, -0.15) is 0 Å². The molecule has 1 aliphatic carbocycles. The quantitative estimate of drug-likeness (QED) is 0.791. The molecule has 1 N–H and O–H groups in total. The molecule has 1 heterocycles. The van der Waals surface area contributed by atoms with Crippen LogP contribution in [0.1, 0.15) is 51.4 Å². The first kappa shape index (κ1) is 11.9. The van der Waals surface area contributed by atoms with E-state index in [-0.39, 0.29) is 0 Å². The van der Waals surface area contributed by atoms with Crippen LogP contribution in [0.4, 0.5) is 0 Å². The first-order valence-corrected chi connectivity index (χ1v) is 6.76. The second kappa shape index (κ2) is 5.67. The molecule has 0 radical (unpaired) electrons. The van der Waals surface area contributed by atoms with Crippen LogP contribution in [-0.2, 0) is 4.79 Å². The largest absolute Gasteiger partial charge is 0.343 e. The first-order chi connectivity index (χ1) is 7.77. The molecular weight excluding hydrogens is 200 g/mol. The predicted molar refractivity (Wildman–Crippen MR) is 65.3 cm³/mol. The van der Waals surface area contributed by atoms with E-state index in [1.807, 2.05) is 11.9 Å². The second-order valence-electron chi connectivity index (χ2n) is 5.27. The van der Waals surface area contributed by atoms with E-state index in [1.54, 1.807) is 0 Å². The number of hydrogen-bond donors (Lipinski definition) is 1. The van der Waals surface area contributed by atoms with Gasteiger partial charge in [0.05, 0.1) is 0 Å². The van der Waals surface area contributed by atoms with Crippen molar-refractivity contribution >= 4 is 5.91 Å². The van der Waals surface area contributed by atoms with Gasteiger partial charge < -0.3 is 10.2 Å². The Balaban J connectivity index is 1.69. The van der Waals surface area contributed by atoms with Gasteiger partial charge in [0.1, 0.15) is 0 Å². The number of carbonyl (C=O) groups is 1. The van der Waals surface area contributed by atoms with E-state index in [2.05, 4.69) is 5.32 Å². The molecule has 1 amide bonds. The second-order valence-corrected chi connectivity index (χ2v) is 5.27. The first-order valence-electron chi connectivity index (χ1n) is 6.76. The van der Waals surface area contributed by atoms with Crippen molar-refractivity contribution in [2.75, 3.05) is 13.6 Å². The lowest BCUT2D eigenvalue weighted by Crippen LogP contribution is -2.36. The molecule has 2 aliphatic rings. The number of amides is 1. The summed E-state index contributed by atoms with van der Waals surface area (Å²) in [6.07, 6.45) is 9.30. The molecule has 3 nitrogen and oxygen atoms in total. The SMILES string of the molecule is CN(C(=O)CCC1CCCN1)C1CCCC1. The minimum atomic E-state index is 0.348. The molecule has 2 fully saturated rings. The molecule has 92 valence electrons. The summed E-state index contributed by atoms with van der Waals surface area (Å²) in [7, 11) is 1.99. The standard InChI is InChI=1S/C13H24N2O/c1-15(12-6-2-3-7-12)13(16)9-8-11-5-4-10-14-11/h11-12,14H,2-10H2,1H3. The normalized spacial score (nSPS) is 26.2. The van der Waals surface area contributed by atoms with Crippen molar-refractivity contribution in [2.24, 2.45) is 0 Å². The number of nitrogens with zero attached hydrogens (tertiary/aromatic N) is 1. The number of hydrogen-bond acceptors (Lipinski definition) is 2.